The van der Waals surface area contributed by atoms with Gasteiger partial charge in [-0.2, -0.15) is 0 Å². The van der Waals surface area contributed by atoms with Gasteiger partial charge < -0.3 is 16.0 Å². The quantitative estimate of drug-likeness (QED) is 0.842. The summed E-state index contributed by atoms with van der Waals surface area (Å²) in [6.07, 6.45) is 0. The minimum atomic E-state index is -0.157. The molecule has 0 aliphatic heterocycles. The normalized spacial score (nSPS) is 10.2. The summed E-state index contributed by atoms with van der Waals surface area (Å²) in [5.41, 5.74) is 9.60. The molecule has 4 heteroatoms. The SMILES string of the molecule is Cc1ccccc1NC(=O)c1cc(N)ccc1N(C)C. The summed E-state index contributed by atoms with van der Waals surface area (Å²) < 4.78 is 0. The fourth-order valence-corrected chi connectivity index (χ4v) is 2.03. The molecule has 0 heterocycles. The van der Waals surface area contributed by atoms with E-state index in [9.17, 15) is 4.79 Å². The van der Waals surface area contributed by atoms with Crippen LogP contribution in [-0.4, -0.2) is 20.0 Å². The van der Waals surface area contributed by atoms with Gasteiger partial charge >= 0.3 is 0 Å². The average molecular weight is 269 g/mol. The lowest BCUT2D eigenvalue weighted by molar-refractivity contribution is 0.102. The molecule has 4 nitrogen and oxygen atoms in total. The number of para-hydroxylation sites is 1. The van der Waals surface area contributed by atoms with Gasteiger partial charge in [0.05, 0.1) is 5.56 Å². The van der Waals surface area contributed by atoms with Crippen LogP contribution in [0.5, 0.6) is 0 Å². The Balaban J connectivity index is 2.34. The van der Waals surface area contributed by atoms with E-state index < -0.39 is 0 Å². The Kier molecular flexibility index (Phi) is 3.94. The molecule has 3 N–H and O–H groups in total. The zero-order valence-electron chi connectivity index (χ0n) is 12.0. The summed E-state index contributed by atoms with van der Waals surface area (Å²) in [6.45, 7) is 1.96. The lowest BCUT2D eigenvalue weighted by Crippen LogP contribution is -2.19. The number of amides is 1. The van der Waals surface area contributed by atoms with Crippen LogP contribution >= 0.6 is 0 Å². The number of nitrogens with zero attached hydrogens (tertiary/aromatic N) is 1. The molecule has 1 amide bonds. The van der Waals surface area contributed by atoms with E-state index in [-0.39, 0.29) is 5.91 Å². The zero-order chi connectivity index (χ0) is 14.7. The number of nitrogens with one attached hydrogen (secondary N) is 1. The van der Waals surface area contributed by atoms with Crippen molar-refractivity contribution in [2.24, 2.45) is 0 Å². The minimum Gasteiger partial charge on any atom is -0.399 e. The summed E-state index contributed by atoms with van der Waals surface area (Å²) in [5.74, 6) is -0.157. The Morgan fingerprint density at radius 1 is 1.15 bits per heavy atom. The molecule has 20 heavy (non-hydrogen) atoms. The first-order valence-electron chi connectivity index (χ1n) is 6.43. The van der Waals surface area contributed by atoms with Crippen LogP contribution in [0.15, 0.2) is 42.5 Å². The molecule has 0 atom stereocenters. The molecule has 0 aromatic heterocycles. The van der Waals surface area contributed by atoms with E-state index in [0.29, 0.717) is 11.3 Å². The third-order valence-electron chi connectivity index (χ3n) is 3.14. The van der Waals surface area contributed by atoms with Crippen molar-refractivity contribution in [2.75, 3.05) is 30.0 Å². The molecule has 0 aliphatic carbocycles. The molecule has 0 aliphatic rings. The first-order chi connectivity index (χ1) is 9.49. The van der Waals surface area contributed by atoms with Crippen LogP contribution in [0.1, 0.15) is 15.9 Å². The van der Waals surface area contributed by atoms with E-state index in [2.05, 4.69) is 5.32 Å². The Hall–Kier alpha value is -2.49. The molecule has 0 saturated carbocycles. The van der Waals surface area contributed by atoms with Crippen molar-refractivity contribution in [1.29, 1.82) is 0 Å². The van der Waals surface area contributed by atoms with E-state index in [1.165, 1.54) is 0 Å². The van der Waals surface area contributed by atoms with Crippen molar-refractivity contribution < 1.29 is 4.79 Å². The topological polar surface area (TPSA) is 58.4 Å². The van der Waals surface area contributed by atoms with E-state index in [0.717, 1.165) is 16.9 Å². The third-order valence-corrected chi connectivity index (χ3v) is 3.14. The summed E-state index contributed by atoms with van der Waals surface area (Å²) in [5, 5.41) is 2.93. The van der Waals surface area contributed by atoms with Crippen LogP contribution in [0.25, 0.3) is 0 Å². The number of carbonyl (C=O) groups excluding carboxylic acids is 1. The number of hydrogen-bond acceptors (Lipinski definition) is 3. The van der Waals surface area contributed by atoms with Crippen LogP contribution < -0.4 is 16.0 Å². The van der Waals surface area contributed by atoms with Crippen molar-refractivity contribution in [3.05, 3.63) is 53.6 Å². The molecule has 0 fully saturated rings. The maximum Gasteiger partial charge on any atom is 0.257 e. The van der Waals surface area contributed by atoms with Crippen LogP contribution in [0, 0.1) is 6.92 Å². The average Bonchev–Trinajstić information content (AvgIpc) is 2.40. The van der Waals surface area contributed by atoms with Gasteiger partial charge in [0.25, 0.3) is 5.91 Å². The number of nitrogen functional groups attached to an aromatic ring is 1. The van der Waals surface area contributed by atoms with Gasteiger partial charge in [-0.15, -0.1) is 0 Å². The Labute approximate surface area is 119 Å². The molecule has 0 radical (unpaired) electrons. The van der Waals surface area contributed by atoms with Gasteiger partial charge in [0.1, 0.15) is 0 Å². The highest BCUT2D eigenvalue weighted by Gasteiger charge is 2.14. The maximum absolute atomic E-state index is 12.5. The van der Waals surface area contributed by atoms with Gasteiger partial charge in [-0.3, -0.25) is 4.79 Å². The summed E-state index contributed by atoms with van der Waals surface area (Å²) in [7, 11) is 3.80. The van der Waals surface area contributed by atoms with Crippen molar-refractivity contribution in [3.8, 4) is 0 Å². The predicted octanol–water partition coefficient (Wildman–Crippen LogP) is 2.90. The number of nitrogens with two attached hydrogens (primary N) is 1. The lowest BCUT2D eigenvalue weighted by Gasteiger charge is -2.18. The van der Waals surface area contributed by atoms with Crippen LogP contribution in [0.2, 0.25) is 0 Å². The largest absolute Gasteiger partial charge is 0.399 e. The minimum absolute atomic E-state index is 0.157. The molecule has 2 rings (SSSR count). The summed E-state index contributed by atoms with van der Waals surface area (Å²) in [6, 6.07) is 13.0. The van der Waals surface area contributed by atoms with E-state index in [1.54, 1.807) is 12.1 Å². The lowest BCUT2D eigenvalue weighted by atomic mass is 10.1. The molecule has 0 bridgehead atoms. The molecular formula is C16H19N3O. The number of rotatable bonds is 3. The van der Waals surface area contributed by atoms with Gasteiger partial charge in [0.15, 0.2) is 0 Å². The smallest absolute Gasteiger partial charge is 0.257 e. The molecule has 0 spiro atoms. The van der Waals surface area contributed by atoms with Gasteiger partial charge in [-0.25, -0.2) is 0 Å². The molecule has 104 valence electrons. The second kappa shape index (κ2) is 5.65. The molecule has 2 aromatic carbocycles. The summed E-state index contributed by atoms with van der Waals surface area (Å²) >= 11 is 0. The summed E-state index contributed by atoms with van der Waals surface area (Å²) in [4.78, 5) is 14.3. The number of aryl methyl sites for hydroxylation is 1. The van der Waals surface area contributed by atoms with E-state index in [1.807, 2.05) is 56.3 Å². The van der Waals surface area contributed by atoms with Crippen molar-refractivity contribution in [2.45, 2.75) is 6.92 Å². The second-order valence-corrected chi connectivity index (χ2v) is 4.94. The monoisotopic (exact) mass is 269 g/mol. The Morgan fingerprint density at radius 3 is 2.50 bits per heavy atom. The fourth-order valence-electron chi connectivity index (χ4n) is 2.03. The highest BCUT2D eigenvalue weighted by atomic mass is 16.1. The number of hydrogen-bond donors (Lipinski definition) is 2. The van der Waals surface area contributed by atoms with Gasteiger partial charge in [0.2, 0.25) is 0 Å². The van der Waals surface area contributed by atoms with Gasteiger partial charge in [-0.05, 0) is 36.8 Å². The molecule has 0 unspecified atom stereocenters. The predicted molar refractivity (Wildman–Crippen MR) is 84.3 cm³/mol. The van der Waals surface area contributed by atoms with Crippen LogP contribution in [0.3, 0.4) is 0 Å². The molecular weight excluding hydrogens is 250 g/mol. The second-order valence-electron chi connectivity index (χ2n) is 4.94. The van der Waals surface area contributed by atoms with Crippen LogP contribution in [-0.2, 0) is 0 Å². The highest BCUT2D eigenvalue weighted by molar-refractivity contribution is 6.09. The van der Waals surface area contributed by atoms with Crippen molar-refractivity contribution >= 4 is 23.0 Å². The standard InChI is InChI=1S/C16H19N3O/c1-11-6-4-5-7-14(11)18-16(20)13-10-12(17)8-9-15(13)19(2)3/h4-10H,17H2,1-3H3,(H,18,20). The van der Waals surface area contributed by atoms with Gasteiger partial charge in [0, 0.05) is 31.2 Å². The van der Waals surface area contributed by atoms with Crippen molar-refractivity contribution in [3.63, 3.8) is 0 Å². The van der Waals surface area contributed by atoms with Crippen molar-refractivity contribution in [1.82, 2.24) is 0 Å². The zero-order valence-corrected chi connectivity index (χ0v) is 12.0. The number of benzene rings is 2. The fraction of sp³-hybridized carbons (Fsp3) is 0.188. The van der Waals surface area contributed by atoms with Gasteiger partial charge in [-0.1, -0.05) is 18.2 Å². The van der Waals surface area contributed by atoms with E-state index >= 15 is 0 Å². The molecule has 0 saturated heterocycles. The maximum atomic E-state index is 12.5. The third kappa shape index (κ3) is 2.91. The highest BCUT2D eigenvalue weighted by Crippen LogP contribution is 2.23. The first-order valence-corrected chi connectivity index (χ1v) is 6.43. The number of anilines is 3. The number of carbonyl (C=O) groups is 1. The van der Waals surface area contributed by atoms with Crippen LogP contribution in [0.4, 0.5) is 17.1 Å². The van der Waals surface area contributed by atoms with E-state index in [4.69, 9.17) is 5.73 Å². The Morgan fingerprint density at radius 2 is 1.85 bits per heavy atom. The first kappa shape index (κ1) is 13.9. The molecule has 2 aromatic rings. The Bertz CT molecular complexity index is 635.